The van der Waals surface area contributed by atoms with Gasteiger partial charge in [0.2, 0.25) is 5.91 Å². The molecule has 2 rings (SSSR count). The highest BCUT2D eigenvalue weighted by molar-refractivity contribution is 5.77. The van der Waals surface area contributed by atoms with Gasteiger partial charge in [-0.15, -0.1) is 0 Å². The Hall–Kier alpha value is -2.30. The van der Waals surface area contributed by atoms with Crippen LogP contribution in [0.3, 0.4) is 0 Å². The van der Waals surface area contributed by atoms with Gasteiger partial charge in [-0.2, -0.15) is 0 Å². The minimum Gasteiger partial charge on any atom is -0.497 e. The van der Waals surface area contributed by atoms with Crippen LogP contribution in [0.5, 0.6) is 5.75 Å². The van der Waals surface area contributed by atoms with Crippen molar-refractivity contribution in [3.63, 3.8) is 0 Å². The van der Waals surface area contributed by atoms with Crippen LogP contribution in [-0.4, -0.2) is 24.7 Å². The molecule has 1 heterocycles. The van der Waals surface area contributed by atoms with Crippen LogP contribution in [0.1, 0.15) is 29.9 Å². The third-order valence-corrected chi connectivity index (χ3v) is 3.39. The Morgan fingerprint density at radius 1 is 1.27 bits per heavy atom. The first-order chi connectivity index (χ1) is 10.7. The van der Waals surface area contributed by atoms with Crippen molar-refractivity contribution >= 4 is 5.91 Å². The molecule has 1 amide bonds. The van der Waals surface area contributed by atoms with Crippen LogP contribution >= 0.6 is 0 Å². The lowest BCUT2D eigenvalue weighted by Gasteiger charge is -2.05. The van der Waals surface area contributed by atoms with Gasteiger partial charge in [-0.05, 0) is 43.9 Å². The predicted molar refractivity (Wildman–Crippen MR) is 83.9 cm³/mol. The summed E-state index contributed by atoms with van der Waals surface area (Å²) in [6.45, 7) is 2.50. The molecular formula is C17H22N2O3. The Labute approximate surface area is 130 Å². The van der Waals surface area contributed by atoms with Crippen molar-refractivity contribution in [3.8, 4) is 5.75 Å². The largest absolute Gasteiger partial charge is 0.497 e. The first kappa shape index (κ1) is 16.1. The molecule has 1 N–H and O–H groups in total. The van der Waals surface area contributed by atoms with Gasteiger partial charge in [-0.3, -0.25) is 4.79 Å². The van der Waals surface area contributed by atoms with Gasteiger partial charge in [0, 0.05) is 12.6 Å². The van der Waals surface area contributed by atoms with Crippen LogP contribution in [0.4, 0.5) is 0 Å². The van der Waals surface area contributed by atoms with E-state index in [2.05, 4.69) is 22.6 Å². The fourth-order valence-electron chi connectivity index (χ4n) is 2.20. The van der Waals surface area contributed by atoms with E-state index in [9.17, 15) is 4.79 Å². The summed E-state index contributed by atoms with van der Waals surface area (Å²) in [5.74, 6) is 1.58. The van der Waals surface area contributed by atoms with Gasteiger partial charge in [0.25, 0.3) is 0 Å². The second-order valence-electron chi connectivity index (χ2n) is 5.26. The van der Waals surface area contributed by atoms with E-state index < -0.39 is 0 Å². The van der Waals surface area contributed by atoms with E-state index in [0.29, 0.717) is 12.2 Å². The maximum Gasteiger partial charge on any atom is 0.226 e. The molecule has 0 spiro atoms. The summed E-state index contributed by atoms with van der Waals surface area (Å²) >= 11 is 0. The van der Waals surface area contributed by atoms with E-state index >= 15 is 0 Å². The molecule has 5 heteroatoms. The number of hydrogen-bond donors (Lipinski definition) is 1. The van der Waals surface area contributed by atoms with Gasteiger partial charge in [0.15, 0.2) is 0 Å². The summed E-state index contributed by atoms with van der Waals surface area (Å²) in [5.41, 5.74) is 1.96. The first-order valence-electron chi connectivity index (χ1n) is 7.49. The minimum absolute atomic E-state index is 0.0160. The van der Waals surface area contributed by atoms with E-state index in [1.54, 1.807) is 13.2 Å². The molecule has 1 aromatic heterocycles. The molecule has 0 atom stereocenters. The van der Waals surface area contributed by atoms with Crippen molar-refractivity contribution in [3.05, 3.63) is 47.3 Å². The summed E-state index contributed by atoms with van der Waals surface area (Å²) in [6, 6.07) is 9.87. The number of carbonyl (C=O) groups excluding carboxylic acids is 1. The van der Waals surface area contributed by atoms with Gasteiger partial charge in [-0.1, -0.05) is 17.3 Å². The summed E-state index contributed by atoms with van der Waals surface area (Å²) < 4.78 is 10.1. The Bertz CT molecular complexity index is 590. The highest BCUT2D eigenvalue weighted by atomic mass is 16.5. The lowest BCUT2D eigenvalue weighted by molar-refractivity contribution is -0.120. The van der Waals surface area contributed by atoms with Crippen molar-refractivity contribution in [1.82, 2.24) is 10.5 Å². The number of benzene rings is 1. The van der Waals surface area contributed by atoms with Crippen molar-refractivity contribution < 1.29 is 14.1 Å². The second kappa shape index (κ2) is 8.22. The minimum atomic E-state index is -0.0160. The van der Waals surface area contributed by atoms with Crippen LogP contribution < -0.4 is 10.1 Å². The summed E-state index contributed by atoms with van der Waals surface area (Å²) in [6.07, 6.45) is 3.27. The number of nitrogens with one attached hydrogen (secondary N) is 1. The molecule has 0 aliphatic heterocycles. The van der Waals surface area contributed by atoms with E-state index in [4.69, 9.17) is 9.26 Å². The number of aromatic nitrogens is 1. The fraction of sp³-hybridized carbons (Fsp3) is 0.412. The number of rotatable bonds is 8. The lowest BCUT2D eigenvalue weighted by Crippen LogP contribution is -2.26. The number of carbonyl (C=O) groups is 1. The zero-order valence-corrected chi connectivity index (χ0v) is 13.1. The number of unbranched alkanes of at least 4 members (excludes halogenated alkanes) is 1. The maximum absolute atomic E-state index is 11.7. The zero-order chi connectivity index (χ0) is 15.8. The molecule has 2 aromatic rings. The van der Waals surface area contributed by atoms with Gasteiger partial charge < -0.3 is 14.6 Å². The number of ether oxygens (including phenoxy) is 1. The van der Waals surface area contributed by atoms with E-state index in [-0.39, 0.29) is 12.3 Å². The van der Waals surface area contributed by atoms with E-state index in [0.717, 1.165) is 30.8 Å². The number of amides is 1. The lowest BCUT2D eigenvalue weighted by atomic mass is 10.1. The molecule has 5 nitrogen and oxygen atoms in total. The third-order valence-electron chi connectivity index (χ3n) is 3.39. The predicted octanol–water partition coefficient (Wildman–Crippen LogP) is 2.67. The van der Waals surface area contributed by atoms with Gasteiger partial charge in [0.1, 0.15) is 11.5 Å². The van der Waals surface area contributed by atoms with Crippen LogP contribution in [0.15, 0.2) is 34.9 Å². The summed E-state index contributed by atoms with van der Waals surface area (Å²) in [7, 11) is 1.66. The van der Waals surface area contributed by atoms with Gasteiger partial charge in [-0.25, -0.2) is 0 Å². The number of aryl methyl sites for hydroxylation is 2. The standard InChI is InChI=1S/C17H22N2O3/c1-13-11-15(19-22-13)12-17(20)18-10-4-3-5-14-6-8-16(21-2)9-7-14/h6-9,11H,3-5,10,12H2,1-2H3,(H,18,20). The highest BCUT2D eigenvalue weighted by Gasteiger charge is 2.06. The topological polar surface area (TPSA) is 64.4 Å². The Kier molecular flexibility index (Phi) is 6.01. The molecule has 22 heavy (non-hydrogen) atoms. The molecule has 0 aliphatic rings. The third kappa shape index (κ3) is 5.24. The second-order valence-corrected chi connectivity index (χ2v) is 5.26. The number of methoxy groups -OCH3 is 1. The average molecular weight is 302 g/mol. The van der Waals surface area contributed by atoms with Crippen LogP contribution in [0.25, 0.3) is 0 Å². The monoisotopic (exact) mass is 302 g/mol. The van der Waals surface area contributed by atoms with E-state index in [1.165, 1.54) is 5.56 Å². The Morgan fingerprint density at radius 3 is 2.68 bits per heavy atom. The molecule has 0 unspecified atom stereocenters. The van der Waals surface area contributed by atoms with Gasteiger partial charge in [0.05, 0.1) is 19.2 Å². The average Bonchev–Trinajstić information content (AvgIpc) is 2.92. The van der Waals surface area contributed by atoms with Crippen LogP contribution in [0.2, 0.25) is 0 Å². The molecule has 0 fully saturated rings. The number of nitrogens with zero attached hydrogens (tertiary/aromatic N) is 1. The van der Waals surface area contributed by atoms with E-state index in [1.807, 2.05) is 19.1 Å². The zero-order valence-electron chi connectivity index (χ0n) is 13.1. The molecule has 1 aromatic carbocycles. The van der Waals surface area contributed by atoms with Gasteiger partial charge >= 0.3 is 0 Å². The quantitative estimate of drug-likeness (QED) is 0.761. The van der Waals surface area contributed by atoms with Crippen LogP contribution in [0, 0.1) is 6.92 Å². The maximum atomic E-state index is 11.7. The normalized spacial score (nSPS) is 10.5. The fourth-order valence-corrected chi connectivity index (χ4v) is 2.20. The molecule has 118 valence electrons. The molecule has 0 saturated heterocycles. The molecule has 0 radical (unpaired) electrons. The van der Waals surface area contributed by atoms with Crippen molar-refractivity contribution in [2.45, 2.75) is 32.6 Å². The summed E-state index contributed by atoms with van der Waals surface area (Å²) in [4.78, 5) is 11.7. The van der Waals surface area contributed by atoms with Crippen molar-refractivity contribution in [1.29, 1.82) is 0 Å². The van der Waals surface area contributed by atoms with Crippen molar-refractivity contribution in [2.24, 2.45) is 0 Å². The molecule has 0 bridgehead atoms. The summed E-state index contributed by atoms with van der Waals surface area (Å²) in [5, 5.41) is 6.71. The molecular weight excluding hydrogens is 280 g/mol. The molecule has 0 saturated carbocycles. The van der Waals surface area contributed by atoms with Crippen LogP contribution in [-0.2, 0) is 17.6 Å². The SMILES string of the molecule is COc1ccc(CCCCNC(=O)Cc2cc(C)on2)cc1. The Balaban J connectivity index is 1.59. The number of hydrogen-bond acceptors (Lipinski definition) is 4. The Morgan fingerprint density at radius 2 is 2.05 bits per heavy atom. The molecule has 0 aliphatic carbocycles. The smallest absolute Gasteiger partial charge is 0.226 e. The highest BCUT2D eigenvalue weighted by Crippen LogP contribution is 2.13. The first-order valence-corrected chi connectivity index (χ1v) is 7.49. The van der Waals surface area contributed by atoms with Crippen molar-refractivity contribution in [2.75, 3.05) is 13.7 Å².